The number of hydrogen-bond acceptors (Lipinski definition) is 6. The molecule has 1 aromatic rings. The lowest BCUT2D eigenvalue weighted by molar-refractivity contribution is -0.235. The summed E-state index contributed by atoms with van der Waals surface area (Å²) < 4.78 is 22.8. The van der Waals surface area contributed by atoms with Gasteiger partial charge in [-0.1, -0.05) is 13.8 Å². The lowest BCUT2D eigenvalue weighted by atomic mass is 9.74. The molecular weight excluding hydrogens is 444 g/mol. The molecule has 7 nitrogen and oxygen atoms in total. The topological polar surface area (TPSA) is 70.1 Å². The van der Waals surface area contributed by atoms with Gasteiger partial charge in [-0.15, -0.1) is 0 Å². The van der Waals surface area contributed by atoms with Gasteiger partial charge in [0.15, 0.2) is 5.60 Å². The highest BCUT2D eigenvalue weighted by molar-refractivity contribution is 5.93. The van der Waals surface area contributed by atoms with Crippen LogP contribution >= 0.6 is 0 Å². The summed E-state index contributed by atoms with van der Waals surface area (Å²) in [5.41, 5.74) is 1.44. The fraction of sp³-hybridized carbons (Fsp3) is 0.786. The number of methoxy groups -OCH3 is 2. The highest BCUT2D eigenvalue weighted by atomic mass is 16.7. The highest BCUT2D eigenvalue weighted by Gasteiger charge is 2.62. The summed E-state index contributed by atoms with van der Waals surface area (Å²) in [6.45, 7) is 5.63. The van der Waals surface area contributed by atoms with Gasteiger partial charge in [-0.2, -0.15) is 0 Å². The number of β-lactam (4-membered cyclic amide) rings is 1. The maximum absolute atomic E-state index is 13.3. The minimum atomic E-state index is -0.955. The van der Waals surface area contributed by atoms with Crippen molar-refractivity contribution in [2.45, 2.75) is 95.3 Å². The predicted octanol–water partition coefficient (Wildman–Crippen LogP) is 4.52. The predicted molar refractivity (Wildman–Crippen MR) is 134 cm³/mol. The third kappa shape index (κ3) is 5.90. The number of carbonyl (C=O) groups excluding carboxylic acids is 1. The highest BCUT2D eigenvalue weighted by Crippen LogP contribution is 2.43. The molecule has 7 heteroatoms. The number of likely N-dealkylation sites (tertiary alicyclic amines) is 1. The first kappa shape index (κ1) is 26.5. The van der Waals surface area contributed by atoms with E-state index in [0.717, 1.165) is 31.1 Å². The molecule has 0 unspecified atom stereocenters. The monoisotopic (exact) mass is 488 g/mol. The Bertz CT molecular complexity index is 830. The summed E-state index contributed by atoms with van der Waals surface area (Å²) >= 11 is 0. The van der Waals surface area contributed by atoms with Crippen molar-refractivity contribution >= 4 is 5.91 Å². The third-order valence-electron chi connectivity index (χ3n) is 8.30. The maximum Gasteiger partial charge on any atom is 0.259 e. The van der Waals surface area contributed by atoms with E-state index in [1.54, 1.807) is 19.1 Å². The van der Waals surface area contributed by atoms with Gasteiger partial charge in [-0.3, -0.25) is 9.78 Å². The fourth-order valence-electron chi connectivity index (χ4n) is 6.39. The first-order chi connectivity index (χ1) is 16.9. The van der Waals surface area contributed by atoms with Gasteiger partial charge in [0.05, 0.1) is 11.6 Å². The second-order valence-electron chi connectivity index (χ2n) is 11.2. The molecule has 4 rings (SSSR count). The molecule has 1 aromatic heterocycles. The molecule has 1 aliphatic carbocycles. The number of aryl methyl sites for hydroxylation is 1. The zero-order valence-electron chi connectivity index (χ0n) is 22.1. The van der Waals surface area contributed by atoms with Crippen LogP contribution in [0, 0.1) is 11.8 Å². The average Bonchev–Trinajstić information content (AvgIpc) is 3.31. The molecule has 1 saturated carbocycles. The van der Waals surface area contributed by atoms with Crippen LogP contribution in [0.3, 0.4) is 0 Å². The minimum Gasteiger partial charge on any atom is -0.375 e. The van der Waals surface area contributed by atoms with E-state index in [0.29, 0.717) is 12.3 Å². The smallest absolute Gasteiger partial charge is 0.259 e. The van der Waals surface area contributed by atoms with Crippen LogP contribution in [0.15, 0.2) is 18.3 Å². The Kier molecular flexibility index (Phi) is 8.85. The molecule has 2 aliphatic heterocycles. The number of pyridine rings is 1. The van der Waals surface area contributed by atoms with E-state index < -0.39 is 5.60 Å². The number of amides is 1. The third-order valence-corrected chi connectivity index (χ3v) is 8.30. The Morgan fingerprint density at radius 2 is 2.00 bits per heavy atom. The van der Waals surface area contributed by atoms with Crippen molar-refractivity contribution in [3.63, 3.8) is 0 Å². The van der Waals surface area contributed by atoms with Crippen molar-refractivity contribution in [3.8, 4) is 0 Å². The SMILES string of the molecule is COCO[C@@]1(Cc2cc(CC[C@H]3CC[C@]4(CCCO4)CC3)ccn2)C(=O)N(COC)[C@H]1CC(C)C. The summed E-state index contributed by atoms with van der Waals surface area (Å²) in [5, 5.41) is 0. The van der Waals surface area contributed by atoms with Crippen molar-refractivity contribution in [1.82, 2.24) is 9.88 Å². The van der Waals surface area contributed by atoms with Crippen molar-refractivity contribution in [1.29, 1.82) is 0 Å². The van der Waals surface area contributed by atoms with Crippen LogP contribution in [0.5, 0.6) is 0 Å². The Hall–Kier alpha value is -1.54. The van der Waals surface area contributed by atoms with E-state index in [4.69, 9.17) is 18.9 Å². The number of hydrogen-bond donors (Lipinski definition) is 0. The van der Waals surface area contributed by atoms with Crippen LogP contribution in [0.4, 0.5) is 0 Å². The molecule has 0 aromatic carbocycles. The van der Waals surface area contributed by atoms with Crippen LogP contribution in [0.1, 0.15) is 76.5 Å². The number of nitrogens with zero attached hydrogens (tertiary/aromatic N) is 2. The summed E-state index contributed by atoms with van der Waals surface area (Å²) in [6.07, 6.45) is 12.9. The van der Waals surface area contributed by atoms with Crippen molar-refractivity contribution in [2.24, 2.45) is 11.8 Å². The van der Waals surface area contributed by atoms with Gasteiger partial charge < -0.3 is 23.8 Å². The first-order valence-corrected chi connectivity index (χ1v) is 13.4. The van der Waals surface area contributed by atoms with Gasteiger partial charge >= 0.3 is 0 Å². The van der Waals surface area contributed by atoms with Gasteiger partial charge in [-0.25, -0.2) is 0 Å². The Balaban J connectivity index is 1.40. The van der Waals surface area contributed by atoms with Gasteiger partial charge in [0.1, 0.15) is 13.5 Å². The quantitative estimate of drug-likeness (QED) is 0.318. The van der Waals surface area contributed by atoms with Crippen LogP contribution in [-0.4, -0.2) is 67.4 Å². The molecule has 2 atom stereocenters. The molecule has 0 radical (unpaired) electrons. The number of aromatic nitrogens is 1. The number of rotatable bonds is 12. The lowest BCUT2D eigenvalue weighted by Crippen LogP contribution is -2.76. The minimum absolute atomic E-state index is 0.0421. The van der Waals surface area contributed by atoms with Crippen molar-refractivity contribution in [3.05, 3.63) is 29.6 Å². The van der Waals surface area contributed by atoms with Crippen molar-refractivity contribution < 1.29 is 23.7 Å². The molecule has 1 amide bonds. The molecule has 1 spiro atoms. The van der Waals surface area contributed by atoms with Gasteiger partial charge in [0.25, 0.3) is 5.91 Å². The number of ether oxygens (including phenoxy) is 4. The van der Waals surface area contributed by atoms with E-state index >= 15 is 0 Å². The maximum atomic E-state index is 13.3. The zero-order valence-corrected chi connectivity index (χ0v) is 22.1. The van der Waals surface area contributed by atoms with E-state index in [1.807, 2.05) is 6.20 Å². The molecule has 35 heavy (non-hydrogen) atoms. The first-order valence-electron chi connectivity index (χ1n) is 13.4. The average molecular weight is 489 g/mol. The largest absolute Gasteiger partial charge is 0.375 e. The van der Waals surface area contributed by atoms with E-state index in [-0.39, 0.29) is 31.1 Å². The second-order valence-corrected chi connectivity index (χ2v) is 11.2. The van der Waals surface area contributed by atoms with Crippen LogP contribution in [0.25, 0.3) is 0 Å². The summed E-state index contributed by atoms with van der Waals surface area (Å²) in [4.78, 5) is 19.7. The summed E-state index contributed by atoms with van der Waals surface area (Å²) in [5.74, 6) is 1.14. The molecule has 3 aliphatic rings. The molecule has 3 fully saturated rings. The molecule has 196 valence electrons. The van der Waals surface area contributed by atoms with E-state index in [9.17, 15) is 4.79 Å². The van der Waals surface area contributed by atoms with Crippen LogP contribution in [-0.2, 0) is 36.6 Å². The van der Waals surface area contributed by atoms with Gasteiger partial charge in [0.2, 0.25) is 0 Å². The van der Waals surface area contributed by atoms with Crippen LogP contribution in [0.2, 0.25) is 0 Å². The van der Waals surface area contributed by atoms with Gasteiger partial charge in [-0.05, 0) is 87.3 Å². The summed E-state index contributed by atoms with van der Waals surface area (Å²) in [6, 6.07) is 4.21. The Morgan fingerprint density at radius 1 is 1.20 bits per heavy atom. The molecule has 2 saturated heterocycles. The van der Waals surface area contributed by atoms with E-state index in [1.165, 1.54) is 50.5 Å². The molecule has 0 bridgehead atoms. The zero-order chi connectivity index (χ0) is 24.9. The summed E-state index contributed by atoms with van der Waals surface area (Å²) in [7, 11) is 3.21. The van der Waals surface area contributed by atoms with E-state index in [2.05, 4.69) is 31.0 Å². The molecule has 0 N–H and O–H groups in total. The molecular formula is C28H44N2O5. The lowest BCUT2D eigenvalue weighted by Gasteiger charge is -2.55. The second kappa shape index (κ2) is 11.7. The fourth-order valence-corrected chi connectivity index (χ4v) is 6.39. The van der Waals surface area contributed by atoms with Crippen molar-refractivity contribution in [2.75, 3.05) is 34.4 Å². The standard InChI is InChI=1S/C28H44N2O5/c1-21(2)16-25-28(35-20-33-4,26(31)30(25)19-32-3)18-24-17-23(10-14-29-24)7-6-22-8-12-27(13-9-22)11-5-15-34-27/h10,14,17,21-22,25H,5-9,11-13,15-16,18-20H2,1-4H3/t22-,25-,27+,28+/m0/s1. The Labute approximate surface area is 210 Å². The Morgan fingerprint density at radius 3 is 2.66 bits per heavy atom. The van der Waals surface area contributed by atoms with Crippen LogP contribution < -0.4 is 0 Å². The molecule has 3 heterocycles. The van der Waals surface area contributed by atoms with Gasteiger partial charge in [0, 0.05) is 39.1 Å². The number of carbonyl (C=O) groups is 1. The normalized spacial score (nSPS) is 30.9.